The fraction of sp³-hybridized carbons (Fsp3) is 0.900. The summed E-state index contributed by atoms with van der Waals surface area (Å²) in [5.41, 5.74) is 0. The van der Waals surface area contributed by atoms with Crippen LogP contribution in [0.1, 0.15) is 26.2 Å². The molecule has 0 aromatic rings. The Morgan fingerprint density at radius 2 is 2.25 bits per heavy atom. The van der Waals surface area contributed by atoms with E-state index in [1.54, 1.807) is 0 Å². The number of hydrogen-bond donors (Lipinski definition) is 0. The van der Waals surface area contributed by atoms with Crippen LogP contribution in [0.3, 0.4) is 0 Å². The first-order valence-electron chi connectivity index (χ1n) is 4.82. The molecule has 68 valence electrons. The van der Waals surface area contributed by atoms with Gasteiger partial charge >= 0.3 is 0 Å². The summed E-state index contributed by atoms with van der Waals surface area (Å²) in [5, 5.41) is 8.80. The second kappa shape index (κ2) is 4.47. The highest BCUT2D eigenvalue weighted by Gasteiger charge is 2.20. The molecule has 1 aliphatic heterocycles. The molecule has 2 nitrogen and oxygen atoms in total. The average molecular weight is 166 g/mol. The molecule has 1 fully saturated rings. The van der Waals surface area contributed by atoms with Crippen molar-refractivity contribution in [3.05, 3.63) is 0 Å². The topological polar surface area (TPSA) is 27.0 Å². The molecule has 0 amide bonds. The molecule has 2 atom stereocenters. The van der Waals surface area contributed by atoms with Crippen LogP contribution in [-0.4, -0.2) is 25.0 Å². The number of rotatable bonds is 1. The third-order valence-corrected chi connectivity index (χ3v) is 2.82. The van der Waals surface area contributed by atoms with E-state index in [0.717, 1.165) is 6.54 Å². The van der Waals surface area contributed by atoms with E-state index in [2.05, 4.69) is 18.0 Å². The minimum atomic E-state index is 0.227. The summed E-state index contributed by atoms with van der Waals surface area (Å²) in [6.07, 6.45) is 3.82. The smallest absolute Gasteiger partial charge is 0.0656 e. The van der Waals surface area contributed by atoms with Crippen molar-refractivity contribution in [2.45, 2.75) is 26.2 Å². The van der Waals surface area contributed by atoms with Crippen molar-refractivity contribution in [3.8, 4) is 6.07 Å². The van der Waals surface area contributed by atoms with Gasteiger partial charge in [-0.3, -0.25) is 0 Å². The molecule has 12 heavy (non-hydrogen) atoms. The van der Waals surface area contributed by atoms with Crippen LogP contribution in [0.5, 0.6) is 0 Å². The zero-order valence-corrected chi connectivity index (χ0v) is 8.08. The Morgan fingerprint density at radius 3 is 2.92 bits per heavy atom. The molecule has 0 bridgehead atoms. The van der Waals surface area contributed by atoms with Crippen LogP contribution in [0.4, 0.5) is 0 Å². The zero-order chi connectivity index (χ0) is 8.97. The van der Waals surface area contributed by atoms with Crippen molar-refractivity contribution < 1.29 is 0 Å². The molecule has 0 aromatic heterocycles. The molecule has 2 unspecified atom stereocenters. The summed E-state index contributed by atoms with van der Waals surface area (Å²) in [5.74, 6) is 0.827. The van der Waals surface area contributed by atoms with Crippen molar-refractivity contribution >= 4 is 0 Å². The minimum absolute atomic E-state index is 0.227. The van der Waals surface area contributed by atoms with E-state index in [-0.39, 0.29) is 5.92 Å². The number of nitriles is 1. The molecule has 0 N–H and O–H groups in total. The van der Waals surface area contributed by atoms with Gasteiger partial charge in [-0.15, -0.1) is 0 Å². The van der Waals surface area contributed by atoms with Crippen LogP contribution in [0.15, 0.2) is 0 Å². The third kappa shape index (κ3) is 2.49. The first kappa shape index (κ1) is 9.54. The van der Waals surface area contributed by atoms with Gasteiger partial charge in [0.15, 0.2) is 0 Å². The van der Waals surface area contributed by atoms with Crippen LogP contribution in [0, 0.1) is 23.2 Å². The molecule has 1 rings (SSSR count). The van der Waals surface area contributed by atoms with Gasteiger partial charge in [0, 0.05) is 12.5 Å². The third-order valence-electron chi connectivity index (χ3n) is 2.82. The van der Waals surface area contributed by atoms with Gasteiger partial charge in [-0.2, -0.15) is 5.26 Å². The van der Waals surface area contributed by atoms with Crippen molar-refractivity contribution in [2.24, 2.45) is 11.8 Å². The zero-order valence-electron chi connectivity index (χ0n) is 8.08. The molecule has 1 aliphatic rings. The van der Waals surface area contributed by atoms with Gasteiger partial charge < -0.3 is 4.90 Å². The van der Waals surface area contributed by atoms with E-state index in [4.69, 9.17) is 5.26 Å². The maximum absolute atomic E-state index is 8.80. The lowest BCUT2D eigenvalue weighted by Crippen LogP contribution is -2.26. The number of likely N-dealkylation sites (tertiary alicyclic amines) is 1. The van der Waals surface area contributed by atoms with Gasteiger partial charge in [0.2, 0.25) is 0 Å². The lowest BCUT2D eigenvalue weighted by Gasteiger charge is -2.21. The summed E-state index contributed by atoms with van der Waals surface area (Å²) in [4.78, 5) is 2.35. The minimum Gasteiger partial charge on any atom is -0.306 e. The van der Waals surface area contributed by atoms with Gasteiger partial charge in [-0.25, -0.2) is 0 Å². The Balaban J connectivity index is 2.47. The van der Waals surface area contributed by atoms with E-state index >= 15 is 0 Å². The Hall–Kier alpha value is -0.550. The summed E-state index contributed by atoms with van der Waals surface area (Å²) < 4.78 is 0. The molecule has 0 spiro atoms. The van der Waals surface area contributed by atoms with E-state index in [0.29, 0.717) is 5.92 Å². The van der Waals surface area contributed by atoms with Crippen LogP contribution < -0.4 is 0 Å². The highest BCUT2D eigenvalue weighted by Crippen LogP contribution is 2.22. The molecule has 1 saturated heterocycles. The van der Waals surface area contributed by atoms with E-state index in [1.165, 1.54) is 25.8 Å². The Morgan fingerprint density at radius 1 is 1.50 bits per heavy atom. The van der Waals surface area contributed by atoms with Gasteiger partial charge in [0.05, 0.1) is 6.07 Å². The summed E-state index contributed by atoms with van der Waals surface area (Å²) in [6, 6.07) is 2.36. The Bertz CT molecular complexity index is 171. The number of hydrogen-bond acceptors (Lipinski definition) is 2. The summed E-state index contributed by atoms with van der Waals surface area (Å²) in [7, 11) is 2.16. The predicted molar refractivity (Wildman–Crippen MR) is 49.6 cm³/mol. The fourth-order valence-corrected chi connectivity index (χ4v) is 1.88. The number of nitrogens with zero attached hydrogens (tertiary/aromatic N) is 2. The fourth-order valence-electron chi connectivity index (χ4n) is 1.88. The first-order valence-corrected chi connectivity index (χ1v) is 4.82. The Labute approximate surface area is 75.2 Å². The summed E-state index contributed by atoms with van der Waals surface area (Å²) in [6.45, 7) is 4.35. The predicted octanol–water partition coefficient (Wildman–Crippen LogP) is 1.88. The standard InChI is InChI=1S/C10H18N2/c1-9(7-11)10-5-3-4-6-12(2)8-10/h9-10H,3-6,8H2,1-2H3. The molecule has 0 saturated carbocycles. The van der Waals surface area contributed by atoms with Gasteiger partial charge in [-0.05, 0) is 39.3 Å². The van der Waals surface area contributed by atoms with Gasteiger partial charge in [0.1, 0.15) is 0 Å². The van der Waals surface area contributed by atoms with E-state index < -0.39 is 0 Å². The second-order valence-corrected chi connectivity index (χ2v) is 3.94. The molecule has 0 radical (unpaired) electrons. The maximum Gasteiger partial charge on any atom is 0.0656 e. The second-order valence-electron chi connectivity index (χ2n) is 3.94. The van der Waals surface area contributed by atoms with Gasteiger partial charge in [-0.1, -0.05) is 6.42 Å². The summed E-state index contributed by atoms with van der Waals surface area (Å²) >= 11 is 0. The monoisotopic (exact) mass is 166 g/mol. The Kier molecular flexibility index (Phi) is 3.55. The van der Waals surface area contributed by atoms with Crippen molar-refractivity contribution in [2.75, 3.05) is 20.1 Å². The van der Waals surface area contributed by atoms with Gasteiger partial charge in [0.25, 0.3) is 0 Å². The SMILES string of the molecule is CC(C#N)C1CCCCN(C)C1. The van der Waals surface area contributed by atoms with Crippen molar-refractivity contribution in [1.82, 2.24) is 4.90 Å². The largest absolute Gasteiger partial charge is 0.306 e. The van der Waals surface area contributed by atoms with Crippen LogP contribution >= 0.6 is 0 Å². The molecule has 0 aliphatic carbocycles. The normalized spacial score (nSPS) is 28.9. The quantitative estimate of drug-likeness (QED) is 0.594. The molecule has 2 heteroatoms. The molecular weight excluding hydrogens is 148 g/mol. The molecule has 0 aromatic carbocycles. The van der Waals surface area contributed by atoms with E-state index in [1.807, 2.05) is 6.92 Å². The highest BCUT2D eigenvalue weighted by molar-refractivity contribution is 4.86. The molecular formula is C10H18N2. The van der Waals surface area contributed by atoms with Crippen molar-refractivity contribution in [1.29, 1.82) is 5.26 Å². The lowest BCUT2D eigenvalue weighted by atomic mass is 9.91. The van der Waals surface area contributed by atoms with Crippen LogP contribution in [0.25, 0.3) is 0 Å². The average Bonchev–Trinajstić information content (AvgIpc) is 2.28. The van der Waals surface area contributed by atoms with Crippen LogP contribution in [-0.2, 0) is 0 Å². The van der Waals surface area contributed by atoms with Crippen molar-refractivity contribution in [3.63, 3.8) is 0 Å². The highest BCUT2D eigenvalue weighted by atomic mass is 15.1. The molecule has 1 heterocycles. The first-order chi connectivity index (χ1) is 5.74. The lowest BCUT2D eigenvalue weighted by molar-refractivity contribution is 0.271. The van der Waals surface area contributed by atoms with Crippen LogP contribution in [0.2, 0.25) is 0 Å². The van der Waals surface area contributed by atoms with E-state index in [9.17, 15) is 0 Å². The maximum atomic E-state index is 8.80.